The van der Waals surface area contributed by atoms with Crippen LogP contribution < -0.4 is 0 Å². The normalized spacial score (nSPS) is 10.6. The largest absolute Gasteiger partial charge is 0.267 e. The lowest BCUT2D eigenvalue weighted by atomic mass is 10.2. The minimum Gasteiger partial charge on any atom is -0.267 e. The molecule has 2 aromatic rings. The average molecular weight is 334 g/mol. The Morgan fingerprint density at radius 3 is 2.73 bits per heavy atom. The molecule has 0 saturated heterocycles. The second kappa shape index (κ2) is 4.45. The maximum absolute atomic E-state index is 12.8. The Kier molecular flexibility index (Phi) is 3.21. The van der Waals surface area contributed by atoms with Gasteiger partial charge in [-0.25, -0.2) is 4.39 Å². The van der Waals surface area contributed by atoms with Gasteiger partial charge in [0.15, 0.2) is 0 Å². The SMILES string of the molecule is Fc1ccc(Cn2cc(Br)cn2)c(Br)c1. The summed E-state index contributed by atoms with van der Waals surface area (Å²) in [6.45, 7) is 0.618. The van der Waals surface area contributed by atoms with E-state index in [0.717, 1.165) is 14.5 Å². The minimum atomic E-state index is -0.243. The van der Waals surface area contributed by atoms with E-state index in [1.165, 1.54) is 12.1 Å². The van der Waals surface area contributed by atoms with Crippen LogP contribution in [0, 0.1) is 5.82 Å². The molecule has 0 aliphatic heterocycles. The van der Waals surface area contributed by atoms with E-state index in [-0.39, 0.29) is 5.82 Å². The fourth-order valence-electron chi connectivity index (χ4n) is 1.25. The highest BCUT2D eigenvalue weighted by molar-refractivity contribution is 9.10. The van der Waals surface area contributed by atoms with Crippen molar-refractivity contribution in [3.63, 3.8) is 0 Å². The molecule has 1 aromatic heterocycles. The summed E-state index contributed by atoms with van der Waals surface area (Å²) < 4.78 is 16.3. The van der Waals surface area contributed by atoms with E-state index in [4.69, 9.17) is 0 Å². The van der Waals surface area contributed by atoms with E-state index in [1.807, 2.05) is 6.20 Å². The van der Waals surface area contributed by atoms with E-state index >= 15 is 0 Å². The lowest BCUT2D eigenvalue weighted by Gasteiger charge is -2.04. The van der Waals surface area contributed by atoms with Crippen LogP contribution in [0.1, 0.15) is 5.56 Å². The topological polar surface area (TPSA) is 17.8 Å². The maximum Gasteiger partial charge on any atom is 0.124 e. The quantitative estimate of drug-likeness (QED) is 0.821. The molecule has 0 aliphatic carbocycles. The van der Waals surface area contributed by atoms with Crippen LogP contribution in [0.3, 0.4) is 0 Å². The summed E-state index contributed by atoms with van der Waals surface area (Å²) in [7, 11) is 0. The molecule has 0 aliphatic rings. The smallest absolute Gasteiger partial charge is 0.124 e. The van der Waals surface area contributed by atoms with Crippen LogP contribution in [0.25, 0.3) is 0 Å². The van der Waals surface area contributed by atoms with Gasteiger partial charge in [0, 0.05) is 10.7 Å². The minimum absolute atomic E-state index is 0.243. The molecule has 0 N–H and O–H groups in total. The molecule has 78 valence electrons. The molecule has 0 fully saturated rings. The van der Waals surface area contributed by atoms with Crippen LogP contribution in [0.15, 0.2) is 39.5 Å². The molecule has 1 aromatic carbocycles. The molecule has 0 bridgehead atoms. The first kappa shape index (κ1) is 10.8. The third-order valence-corrected chi connectivity index (χ3v) is 3.10. The molecule has 0 unspecified atom stereocenters. The summed E-state index contributed by atoms with van der Waals surface area (Å²) in [6.07, 6.45) is 3.59. The third-order valence-electron chi connectivity index (χ3n) is 1.95. The van der Waals surface area contributed by atoms with Gasteiger partial charge in [0.1, 0.15) is 5.82 Å². The second-order valence-corrected chi connectivity index (χ2v) is 4.86. The Bertz CT molecular complexity index is 482. The number of rotatable bonds is 2. The molecular weight excluding hydrogens is 327 g/mol. The first-order chi connectivity index (χ1) is 7.15. The van der Waals surface area contributed by atoms with Crippen LogP contribution in [0.5, 0.6) is 0 Å². The summed E-state index contributed by atoms with van der Waals surface area (Å²) in [4.78, 5) is 0. The molecule has 0 atom stereocenters. The van der Waals surface area contributed by atoms with Gasteiger partial charge in [0.25, 0.3) is 0 Å². The predicted molar refractivity (Wildman–Crippen MR) is 63.1 cm³/mol. The fourth-order valence-corrected chi connectivity index (χ4v) is 2.05. The van der Waals surface area contributed by atoms with Crippen LogP contribution in [-0.4, -0.2) is 9.78 Å². The molecule has 5 heteroatoms. The van der Waals surface area contributed by atoms with Gasteiger partial charge in [-0.05, 0) is 33.6 Å². The second-order valence-electron chi connectivity index (χ2n) is 3.09. The van der Waals surface area contributed by atoms with E-state index in [9.17, 15) is 4.39 Å². The highest BCUT2D eigenvalue weighted by Crippen LogP contribution is 2.19. The lowest BCUT2D eigenvalue weighted by Crippen LogP contribution is -2.00. The van der Waals surface area contributed by atoms with Crippen molar-refractivity contribution in [1.82, 2.24) is 9.78 Å². The van der Waals surface area contributed by atoms with Crippen molar-refractivity contribution in [2.45, 2.75) is 6.54 Å². The van der Waals surface area contributed by atoms with Gasteiger partial charge < -0.3 is 0 Å². The third kappa shape index (κ3) is 2.66. The van der Waals surface area contributed by atoms with Crippen LogP contribution in [-0.2, 0) is 6.54 Å². The molecule has 0 radical (unpaired) electrons. The highest BCUT2D eigenvalue weighted by atomic mass is 79.9. The van der Waals surface area contributed by atoms with Crippen LogP contribution >= 0.6 is 31.9 Å². The Balaban J connectivity index is 2.24. The number of hydrogen-bond donors (Lipinski definition) is 0. The summed E-state index contributed by atoms with van der Waals surface area (Å²) in [5, 5.41) is 4.13. The predicted octanol–water partition coefficient (Wildman–Crippen LogP) is 3.60. The highest BCUT2D eigenvalue weighted by Gasteiger charge is 2.03. The first-order valence-electron chi connectivity index (χ1n) is 4.27. The summed E-state index contributed by atoms with van der Waals surface area (Å²) in [5.41, 5.74) is 0.993. The average Bonchev–Trinajstić information content (AvgIpc) is 2.56. The Hall–Kier alpha value is -0.680. The van der Waals surface area contributed by atoms with Gasteiger partial charge in [-0.2, -0.15) is 5.10 Å². The number of halogens is 3. The monoisotopic (exact) mass is 332 g/mol. The Morgan fingerprint density at radius 2 is 2.13 bits per heavy atom. The van der Waals surface area contributed by atoms with Gasteiger partial charge in [-0.3, -0.25) is 4.68 Å². The van der Waals surface area contributed by atoms with E-state index < -0.39 is 0 Å². The van der Waals surface area contributed by atoms with E-state index in [1.54, 1.807) is 16.9 Å². The Labute approximate surface area is 103 Å². The zero-order valence-electron chi connectivity index (χ0n) is 7.62. The van der Waals surface area contributed by atoms with Gasteiger partial charge in [-0.1, -0.05) is 22.0 Å². The first-order valence-corrected chi connectivity index (χ1v) is 5.85. The number of benzene rings is 1. The van der Waals surface area contributed by atoms with E-state index in [2.05, 4.69) is 37.0 Å². The number of nitrogens with zero attached hydrogens (tertiary/aromatic N) is 2. The van der Waals surface area contributed by atoms with Crippen molar-refractivity contribution in [1.29, 1.82) is 0 Å². The molecule has 1 heterocycles. The van der Waals surface area contributed by atoms with Gasteiger partial charge >= 0.3 is 0 Å². The number of aromatic nitrogens is 2. The Morgan fingerprint density at radius 1 is 1.33 bits per heavy atom. The van der Waals surface area contributed by atoms with E-state index in [0.29, 0.717) is 6.54 Å². The fraction of sp³-hybridized carbons (Fsp3) is 0.100. The van der Waals surface area contributed by atoms with Crippen molar-refractivity contribution >= 4 is 31.9 Å². The molecule has 0 saturated carbocycles. The summed E-state index contributed by atoms with van der Waals surface area (Å²) in [6, 6.07) is 4.64. The molecule has 2 nitrogen and oxygen atoms in total. The molecule has 2 rings (SSSR count). The van der Waals surface area contributed by atoms with Crippen molar-refractivity contribution in [2.75, 3.05) is 0 Å². The van der Waals surface area contributed by atoms with Crippen molar-refractivity contribution in [3.05, 3.63) is 50.9 Å². The molecule has 15 heavy (non-hydrogen) atoms. The van der Waals surface area contributed by atoms with Crippen LogP contribution in [0.2, 0.25) is 0 Å². The summed E-state index contributed by atoms with van der Waals surface area (Å²) >= 11 is 6.64. The summed E-state index contributed by atoms with van der Waals surface area (Å²) in [5.74, 6) is -0.243. The molecule has 0 amide bonds. The van der Waals surface area contributed by atoms with Crippen molar-refractivity contribution in [3.8, 4) is 0 Å². The molecule has 0 spiro atoms. The molecular formula is C10H7Br2FN2. The van der Waals surface area contributed by atoms with Gasteiger partial charge in [0.2, 0.25) is 0 Å². The van der Waals surface area contributed by atoms with Crippen molar-refractivity contribution in [2.24, 2.45) is 0 Å². The van der Waals surface area contributed by atoms with Gasteiger partial charge in [-0.15, -0.1) is 0 Å². The zero-order valence-corrected chi connectivity index (χ0v) is 10.8. The maximum atomic E-state index is 12.8. The standard InChI is InChI=1S/C10H7Br2FN2/c11-8-4-14-15(6-8)5-7-1-2-9(13)3-10(7)12/h1-4,6H,5H2. The van der Waals surface area contributed by atoms with Crippen molar-refractivity contribution < 1.29 is 4.39 Å². The zero-order chi connectivity index (χ0) is 10.8. The van der Waals surface area contributed by atoms with Gasteiger partial charge in [0.05, 0.1) is 17.2 Å². The van der Waals surface area contributed by atoms with Crippen LogP contribution in [0.4, 0.5) is 4.39 Å². The number of hydrogen-bond acceptors (Lipinski definition) is 1. The lowest BCUT2D eigenvalue weighted by molar-refractivity contribution is 0.623.